The third-order valence-corrected chi connectivity index (χ3v) is 4.13. The van der Waals surface area contributed by atoms with E-state index in [0.29, 0.717) is 0 Å². The SMILES string of the molecule is CCCCCCCCCCOC(C)[n+]1ccc(N(C)C)cc1. The molecular weight excluding hydrogens is 272 g/mol. The van der Waals surface area contributed by atoms with E-state index in [2.05, 4.69) is 61.9 Å². The molecule has 0 saturated heterocycles. The maximum absolute atomic E-state index is 5.92. The molecule has 1 aromatic heterocycles. The van der Waals surface area contributed by atoms with E-state index < -0.39 is 0 Å². The molecule has 0 aliphatic carbocycles. The molecule has 1 atom stereocenters. The number of rotatable bonds is 12. The van der Waals surface area contributed by atoms with Crippen LogP contribution in [-0.4, -0.2) is 20.7 Å². The number of hydrogen-bond acceptors (Lipinski definition) is 2. The van der Waals surface area contributed by atoms with Crippen LogP contribution in [-0.2, 0) is 4.74 Å². The van der Waals surface area contributed by atoms with Crippen molar-refractivity contribution in [3.8, 4) is 0 Å². The largest absolute Gasteiger partial charge is 0.377 e. The second kappa shape index (κ2) is 11.5. The number of anilines is 1. The zero-order chi connectivity index (χ0) is 16.2. The molecule has 0 radical (unpaired) electrons. The Morgan fingerprint density at radius 3 is 2.05 bits per heavy atom. The lowest BCUT2D eigenvalue weighted by Gasteiger charge is -2.12. The molecule has 3 nitrogen and oxygen atoms in total. The van der Waals surface area contributed by atoms with Gasteiger partial charge in [-0.2, -0.15) is 4.57 Å². The Kier molecular flexibility index (Phi) is 9.89. The Hall–Kier alpha value is -1.09. The van der Waals surface area contributed by atoms with Crippen molar-refractivity contribution in [2.45, 2.75) is 71.4 Å². The first-order chi connectivity index (χ1) is 10.6. The number of hydrogen-bond donors (Lipinski definition) is 0. The minimum atomic E-state index is 0.112. The lowest BCUT2D eigenvalue weighted by atomic mass is 10.1. The Morgan fingerprint density at radius 1 is 0.955 bits per heavy atom. The van der Waals surface area contributed by atoms with Gasteiger partial charge >= 0.3 is 0 Å². The van der Waals surface area contributed by atoms with Gasteiger partial charge in [0.2, 0.25) is 0 Å². The molecule has 3 heteroatoms. The quantitative estimate of drug-likeness (QED) is 0.410. The van der Waals surface area contributed by atoms with Crippen LogP contribution >= 0.6 is 0 Å². The highest BCUT2D eigenvalue weighted by Crippen LogP contribution is 2.10. The summed E-state index contributed by atoms with van der Waals surface area (Å²) in [6.45, 7) is 5.24. The predicted molar refractivity (Wildman–Crippen MR) is 94.2 cm³/mol. The Labute approximate surface area is 137 Å². The monoisotopic (exact) mass is 307 g/mol. The lowest BCUT2D eigenvalue weighted by Crippen LogP contribution is -2.38. The van der Waals surface area contributed by atoms with Crippen molar-refractivity contribution in [3.63, 3.8) is 0 Å². The second-order valence-corrected chi connectivity index (χ2v) is 6.34. The van der Waals surface area contributed by atoms with E-state index in [1.165, 1.54) is 57.1 Å². The highest BCUT2D eigenvalue weighted by atomic mass is 16.5. The molecule has 0 aliphatic rings. The molecule has 1 unspecified atom stereocenters. The summed E-state index contributed by atoms with van der Waals surface area (Å²) in [5.74, 6) is 0. The highest BCUT2D eigenvalue weighted by molar-refractivity contribution is 5.41. The fourth-order valence-electron chi connectivity index (χ4n) is 2.55. The van der Waals surface area contributed by atoms with Crippen LogP contribution in [0.1, 0.15) is 71.4 Å². The second-order valence-electron chi connectivity index (χ2n) is 6.34. The topological polar surface area (TPSA) is 16.4 Å². The fourth-order valence-corrected chi connectivity index (χ4v) is 2.55. The summed E-state index contributed by atoms with van der Waals surface area (Å²) in [4.78, 5) is 2.11. The predicted octanol–water partition coefficient (Wildman–Crippen LogP) is 4.72. The van der Waals surface area contributed by atoms with E-state index >= 15 is 0 Å². The normalized spacial score (nSPS) is 12.4. The molecule has 1 aromatic rings. The molecule has 0 amide bonds. The number of nitrogens with zero attached hydrogens (tertiary/aromatic N) is 2. The summed E-state index contributed by atoms with van der Waals surface area (Å²) >= 11 is 0. The molecule has 0 aliphatic heterocycles. The van der Waals surface area contributed by atoms with Crippen molar-refractivity contribution in [3.05, 3.63) is 24.5 Å². The highest BCUT2D eigenvalue weighted by Gasteiger charge is 2.12. The van der Waals surface area contributed by atoms with Gasteiger partial charge < -0.3 is 9.64 Å². The third-order valence-electron chi connectivity index (χ3n) is 4.13. The van der Waals surface area contributed by atoms with Gasteiger partial charge in [0, 0.05) is 38.8 Å². The van der Waals surface area contributed by atoms with E-state index in [-0.39, 0.29) is 6.23 Å². The van der Waals surface area contributed by atoms with Crippen molar-refractivity contribution >= 4 is 5.69 Å². The maximum atomic E-state index is 5.92. The molecule has 1 rings (SSSR count). The first-order valence-corrected chi connectivity index (χ1v) is 8.95. The smallest absolute Gasteiger partial charge is 0.259 e. The van der Waals surface area contributed by atoms with Crippen LogP contribution in [0.2, 0.25) is 0 Å². The van der Waals surface area contributed by atoms with Crippen LogP contribution in [0.5, 0.6) is 0 Å². The van der Waals surface area contributed by atoms with E-state index in [9.17, 15) is 0 Å². The number of aromatic nitrogens is 1. The van der Waals surface area contributed by atoms with Gasteiger partial charge in [-0.05, 0) is 6.42 Å². The summed E-state index contributed by atoms with van der Waals surface area (Å²) < 4.78 is 8.05. The molecule has 0 saturated carbocycles. The lowest BCUT2D eigenvalue weighted by molar-refractivity contribution is -0.758. The Bertz CT molecular complexity index is 376. The number of ether oxygens (including phenoxy) is 1. The van der Waals surface area contributed by atoms with Crippen molar-refractivity contribution in [1.29, 1.82) is 0 Å². The van der Waals surface area contributed by atoms with Gasteiger partial charge in [0.25, 0.3) is 6.23 Å². The summed E-state index contributed by atoms with van der Waals surface area (Å²) in [6, 6.07) is 4.24. The summed E-state index contributed by atoms with van der Waals surface area (Å²) in [5, 5.41) is 0. The maximum Gasteiger partial charge on any atom is 0.259 e. The van der Waals surface area contributed by atoms with Gasteiger partial charge in [0.05, 0.1) is 6.61 Å². The Morgan fingerprint density at radius 2 is 1.50 bits per heavy atom. The third kappa shape index (κ3) is 7.79. The van der Waals surface area contributed by atoms with Crippen molar-refractivity contribution in [1.82, 2.24) is 0 Å². The Balaban J connectivity index is 2.09. The van der Waals surface area contributed by atoms with Crippen LogP contribution in [0.15, 0.2) is 24.5 Å². The summed E-state index contributed by atoms with van der Waals surface area (Å²) in [5.41, 5.74) is 1.21. The van der Waals surface area contributed by atoms with Crippen LogP contribution in [0.4, 0.5) is 5.69 Å². The van der Waals surface area contributed by atoms with Crippen LogP contribution < -0.4 is 9.47 Å². The van der Waals surface area contributed by atoms with E-state index in [4.69, 9.17) is 4.74 Å². The molecular formula is C19H35N2O+. The molecule has 0 bridgehead atoms. The van der Waals surface area contributed by atoms with Crippen molar-refractivity contribution in [2.24, 2.45) is 0 Å². The van der Waals surface area contributed by atoms with Crippen molar-refractivity contribution in [2.75, 3.05) is 25.6 Å². The molecule has 1 heterocycles. The van der Waals surface area contributed by atoms with E-state index in [1.807, 2.05) is 0 Å². The zero-order valence-corrected chi connectivity index (χ0v) is 15.1. The van der Waals surface area contributed by atoms with E-state index in [1.54, 1.807) is 0 Å². The molecule has 22 heavy (non-hydrogen) atoms. The zero-order valence-electron chi connectivity index (χ0n) is 15.1. The summed E-state index contributed by atoms with van der Waals surface area (Å²) in [7, 11) is 4.11. The fraction of sp³-hybridized carbons (Fsp3) is 0.737. The van der Waals surface area contributed by atoms with E-state index in [0.717, 1.165) is 6.61 Å². The van der Waals surface area contributed by atoms with Gasteiger partial charge in [0.1, 0.15) is 0 Å². The average molecular weight is 308 g/mol. The van der Waals surface area contributed by atoms with Gasteiger partial charge in [-0.3, -0.25) is 0 Å². The van der Waals surface area contributed by atoms with Gasteiger partial charge in [-0.25, -0.2) is 0 Å². The van der Waals surface area contributed by atoms with Crippen LogP contribution in [0, 0.1) is 0 Å². The van der Waals surface area contributed by atoms with Gasteiger partial charge in [0.15, 0.2) is 12.4 Å². The minimum absolute atomic E-state index is 0.112. The minimum Gasteiger partial charge on any atom is -0.377 e. The van der Waals surface area contributed by atoms with Crippen LogP contribution in [0.3, 0.4) is 0 Å². The average Bonchev–Trinajstić information content (AvgIpc) is 2.53. The molecule has 0 aromatic carbocycles. The number of pyridine rings is 1. The molecule has 0 spiro atoms. The summed E-state index contributed by atoms with van der Waals surface area (Å²) in [6.07, 6.45) is 15.0. The molecule has 126 valence electrons. The van der Waals surface area contributed by atoms with Crippen LogP contribution in [0.25, 0.3) is 0 Å². The van der Waals surface area contributed by atoms with Crippen molar-refractivity contribution < 1.29 is 9.30 Å². The first-order valence-electron chi connectivity index (χ1n) is 8.95. The van der Waals surface area contributed by atoms with Gasteiger partial charge in [-0.15, -0.1) is 0 Å². The number of unbranched alkanes of at least 4 members (excludes halogenated alkanes) is 7. The molecule has 0 fully saturated rings. The standard InChI is InChI=1S/C19H35N2O/c1-5-6-7-8-9-10-11-12-17-22-18(2)21-15-13-19(14-16-21)20(3)4/h13-16,18H,5-12,17H2,1-4H3/q+1. The molecule has 0 N–H and O–H groups in total. The van der Waals surface area contributed by atoms with Gasteiger partial charge in [-0.1, -0.05) is 51.9 Å². The first kappa shape index (κ1) is 19.0.